The number of Topliss-reactive ketones (excluding diaryl/α,β-unsaturated/α-hetero) is 1. The minimum atomic E-state index is 0.267. The molecular weight excluding hydrogens is 140 g/mol. The van der Waals surface area contributed by atoms with Gasteiger partial charge < -0.3 is 9.53 Å². The zero-order chi connectivity index (χ0) is 8.43. The molecule has 0 aliphatic carbocycles. The van der Waals surface area contributed by atoms with Crippen LogP contribution in [0.3, 0.4) is 0 Å². The molecule has 1 fully saturated rings. The largest absolute Gasteiger partial charge is 0.369 e. The van der Waals surface area contributed by atoms with Crippen LogP contribution >= 0.6 is 0 Å². The normalized spacial score (nSPS) is 29.1. The molecule has 2 atom stereocenters. The van der Waals surface area contributed by atoms with Gasteiger partial charge in [-0.15, -0.1) is 0 Å². The van der Waals surface area contributed by atoms with Crippen LogP contribution < -0.4 is 0 Å². The van der Waals surface area contributed by atoms with Crippen molar-refractivity contribution in [1.82, 2.24) is 0 Å². The SMILES string of the molecule is CC(=O)CC[C@@H]1O[C@@H]1C(C)C. The lowest BCUT2D eigenvalue weighted by Crippen LogP contribution is -2.03. The molecule has 1 rings (SSSR count). The second-order valence-corrected chi connectivity index (χ2v) is 3.62. The van der Waals surface area contributed by atoms with E-state index in [1.165, 1.54) is 0 Å². The molecule has 1 saturated heterocycles. The number of carbonyl (C=O) groups is 1. The summed E-state index contributed by atoms with van der Waals surface area (Å²) in [6, 6.07) is 0. The monoisotopic (exact) mass is 156 g/mol. The highest BCUT2D eigenvalue weighted by molar-refractivity contribution is 5.75. The summed E-state index contributed by atoms with van der Waals surface area (Å²) in [5, 5.41) is 0. The van der Waals surface area contributed by atoms with Crippen LogP contribution in [0, 0.1) is 5.92 Å². The average Bonchev–Trinajstić information content (AvgIpc) is 2.61. The van der Waals surface area contributed by atoms with E-state index in [1.807, 2.05) is 0 Å². The van der Waals surface area contributed by atoms with Gasteiger partial charge in [0.2, 0.25) is 0 Å². The molecule has 0 spiro atoms. The Balaban J connectivity index is 2.09. The maximum absolute atomic E-state index is 10.6. The van der Waals surface area contributed by atoms with E-state index in [2.05, 4.69) is 13.8 Å². The number of ether oxygens (including phenoxy) is 1. The van der Waals surface area contributed by atoms with E-state index < -0.39 is 0 Å². The smallest absolute Gasteiger partial charge is 0.129 e. The van der Waals surface area contributed by atoms with Crippen LogP contribution in [0.25, 0.3) is 0 Å². The summed E-state index contributed by atoms with van der Waals surface area (Å²) in [5.74, 6) is 0.870. The predicted molar refractivity (Wildman–Crippen MR) is 43.4 cm³/mol. The lowest BCUT2D eigenvalue weighted by atomic mass is 10.0. The Kier molecular flexibility index (Phi) is 2.66. The maximum Gasteiger partial charge on any atom is 0.129 e. The molecule has 2 nitrogen and oxygen atoms in total. The minimum Gasteiger partial charge on any atom is -0.369 e. The van der Waals surface area contributed by atoms with E-state index in [1.54, 1.807) is 6.92 Å². The van der Waals surface area contributed by atoms with Gasteiger partial charge >= 0.3 is 0 Å². The fraction of sp³-hybridized carbons (Fsp3) is 0.889. The molecule has 1 heterocycles. The van der Waals surface area contributed by atoms with Crippen molar-refractivity contribution < 1.29 is 9.53 Å². The maximum atomic E-state index is 10.6. The zero-order valence-corrected chi connectivity index (χ0v) is 7.46. The van der Waals surface area contributed by atoms with Crippen molar-refractivity contribution in [3.8, 4) is 0 Å². The van der Waals surface area contributed by atoms with Crippen molar-refractivity contribution in [2.75, 3.05) is 0 Å². The molecule has 0 radical (unpaired) electrons. The van der Waals surface area contributed by atoms with Gasteiger partial charge in [-0.05, 0) is 19.3 Å². The summed E-state index contributed by atoms with van der Waals surface area (Å²) in [4.78, 5) is 10.6. The third-order valence-corrected chi connectivity index (χ3v) is 2.06. The van der Waals surface area contributed by atoms with Gasteiger partial charge in [0.25, 0.3) is 0 Å². The van der Waals surface area contributed by atoms with E-state index in [4.69, 9.17) is 4.74 Å². The Morgan fingerprint density at radius 3 is 2.55 bits per heavy atom. The van der Waals surface area contributed by atoms with Gasteiger partial charge in [0.1, 0.15) is 5.78 Å². The van der Waals surface area contributed by atoms with Gasteiger partial charge in [0.05, 0.1) is 12.2 Å². The lowest BCUT2D eigenvalue weighted by Gasteiger charge is -1.95. The van der Waals surface area contributed by atoms with Crippen LogP contribution in [-0.4, -0.2) is 18.0 Å². The summed E-state index contributed by atoms with van der Waals surface area (Å²) in [6.07, 6.45) is 2.39. The van der Waals surface area contributed by atoms with Gasteiger partial charge in [-0.25, -0.2) is 0 Å². The average molecular weight is 156 g/mol. The molecule has 0 aromatic heterocycles. The van der Waals surface area contributed by atoms with E-state index in [0.717, 1.165) is 6.42 Å². The van der Waals surface area contributed by atoms with E-state index in [0.29, 0.717) is 24.5 Å². The highest BCUT2D eigenvalue weighted by Crippen LogP contribution is 2.32. The third kappa shape index (κ3) is 2.62. The van der Waals surface area contributed by atoms with Gasteiger partial charge in [-0.3, -0.25) is 0 Å². The van der Waals surface area contributed by atoms with Crippen LogP contribution in [0.1, 0.15) is 33.6 Å². The second kappa shape index (κ2) is 3.35. The molecule has 0 bridgehead atoms. The van der Waals surface area contributed by atoms with Crippen molar-refractivity contribution in [3.05, 3.63) is 0 Å². The molecule has 0 aromatic rings. The first-order valence-electron chi connectivity index (χ1n) is 4.26. The van der Waals surface area contributed by atoms with Crippen molar-refractivity contribution in [2.24, 2.45) is 5.92 Å². The molecule has 1 aliphatic rings. The first-order valence-corrected chi connectivity index (χ1v) is 4.26. The summed E-state index contributed by atoms with van der Waals surface area (Å²) < 4.78 is 5.38. The van der Waals surface area contributed by atoms with Crippen LogP contribution in [0.2, 0.25) is 0 Å². The first kappa shape index (κ1) is 8.72. The number of hydrogen-bond acceptors (Lipinski definition) is 2. The molecule has 0 aromatic carbocycles. The van der Waals surface area contributed by atoms with Gasteiger partial charge in [-0.1, -0.05) is 13.8 Å². The number of carbonyl (C=O) groups excluding carboxylic acids is 1. The van der Waals surface area contributed by atoms with Gasteiger partial charge in [-0.2, -0.15) is 0 Å². The highest BCUT2D eigenvalue weighted by atomic mass is 16.6. The van der Waals surface area contributed by atoms with Gasteiger partial charge in [0, 0.05) is 6.42 Å². The Morgan fingerprint density at radius 1 is 1.55 bits per heavy atom. The summed E-state index contributed by atoms with van der Waals surface area (Å²) in [6.45, 7) is 5.93. The number of ketones is 1. The number of hydrogen-bond donors (Lipinski definition) is 0. The van der Waals surface area contributed by atoms with E-state index in [-0.39, 0.29) is 5.78 Å². The lowest BCUT2D eigenvalue weighted by molar-refractivity contribution is -0.117. The fourth-order valence-corrected chi connectivity index (χ4v) is 1.32. The predicted octanol–water partition coefficient (Wildman–Crippen LogP) is 1.78. The van der Waals surface area contributed by atoms with E-state index >= 15 is 0 Å². The second-order valence-electron chi connectivity index (χ2n) is 3.62. The quantitative estimate of drug-likeness (QED) is 0.581. The highest BCUT2D eigenvalue weighted by Gasteiger charge is 2.40. The molecular formula is C9H16O2. The Bertz CT molecular complexity index is 152. The van der Waals surface area contributed by atoms with Crippen LogP contribution in [0.4, 0.5) is 0 Å². The summed E-state index contributed by atoms with van der Waals surface area (Å²) in [5.41, 5.74) is 0. The fourth-order valence-electron chi connectivity index (χ4n) is 1.32. The van der Waals surface area contributed by atoms with Crippen LogP contribution in [0.5, 0.6) is 0 Å². The van der Waals surface area contributed by atoms with E-state index in [9.17, 15) is 4.79 Å². The Hall–Kier alpha value is -0.370. The molecule has 0 N–H and O–H groups in total. The zero-order valence-electron chi connectivity index (χ0n) is 7.46. The standard InChI is InChI=1S/C9H16O2/c1-6(2)9-8(11-9)5-4-7(3)10/h6,8-9H,4-5H2,1-3H3/t8-,9+/m0/s1. The molecule has 2 heteroatoms. The number of epoxide rings is 1. The van der Waals surface area contributed by atoms with Crippen molar-refractivity contribution in [2.45, 2.75) is 45.8 Å². The Morgan fingerprint density at radius 2 is 2.18 bits per heavy atom. The molecule has 0 unspecified atom stereocenters. The summed E-state index contributed by atoms with van der Waals surface area (Å²) >= 11 is 0. The van der Waals surface area contributed by atoms with Crippen LogP contribution in [-0.2, 0) is 9.53 Å². The molecule has 0 amide bonds. The number of rotatable bonds is 4. The molecule has 11 heavy (non-hydrogen) atoms. The molecule has 0 saturated carbocycles. The van der Waals surface area contributed by atoms with Crippen molar-refractivity contribution in [1.29, 1.82) is 0 Å². The third-order valence-electron chi connectivity index (χ3n) is 2.06. The Labute approximate surface area is 67.9 Å². The van der Waals surface area contributed by atoms with Crippen LogP contribution in [0.15, 0.2) is 0 Å². The van der Waals surface area contributed by atoms with Gasteiger partial charge in [0.15, 0.2) is 0 Å². The summed E-state index contributed by atoms with van der Waals surface area (Å²) in [7, 11) is 0. The first-order chi connectivity index (χ1) is 5.11. The molecule has 64 valence electrons. The topological polar surface area (TPSA) is 29.6 Å². The van der Waals surface area contributed by atoms with Crippen molar-refractivity contribution in [3.63, 3.8) is 0 Å². The minimum absolute atomic E-state index is 0.267. The molecule has 1 aliphatic heterocycles. The van der Waals surface area contributed by atoms with Crippen molar-refractivity contribution >= 4 is 5.78 Å².